The largest absolute Gasteiger partial charge is 0.337 e. The Kier molecular flexibility index (Phi) is 4.55. The number of hydrogen-bond donors (Lipinski definition) is 1. The van der Waals surface area contributed by atoms with Crippen molar-refractivity contribution in [3.63, 3.8) is 0 Å². The fraction of sp³-hybridized carbons (Fsp3) is 0.500. The van der Waals surface area contributed by atoms with Crippen LogP contribution in [0.25, 0.3) is 0 Å². The molecule has 6 heteroatoms. The molecule has 24 heavy (non-hydrogen) atoms. The second-order valence-corrected chi connectivity index (χ2v) is 6.60. The maximum atomic E-state index is 12.5. The van der Waals surface area contributed by atoms with Gasteiger partial charge in [0.2, 0.25) is 11.8 Å². The van der Waals surface area contributed by atoms with Gasteiger partial charge in [-0.05, 0) is 37.5 Å². The summed E-state index contributed by atoms with van der Waals surface area (Å²) in [5.74, 6) is -0.207. The monoisotopic (exact) mass is 329 g/mol. The summed E-state index contributed by atoms with van der Waals surface area (Å²) in [6.07, 6.45) is 3.36. The van der Waals surface area contributed by atoms with Gasteiger partial charge in [-0.3, -0.25) is 14.4 Å². The molecule has 6 nitrogen and oxygen atoms in total. The van der Waals surface area contributed by atoms with Crippen molar-refractivity contribution in [1.29, 1.82) is 0 Å². The summed E-state index contributed by atoms with van der Waals surface area (Å²) in [7, 11) is 1.76. The number of hydrogen-bond acceptors (Lipinski definition) is 3. The molecule has 0 radical (unpaired) electrons. The lowest BCUT2D eigenvalue weighted by Crippen LogP contribution is -2.45. The molecule has 1 aromatic rings. The summed E-state index contributed by atoms with van der Waals surface area (Å²) < 4.78 is 0. The first-order chi connectivity index (χ1) is 11.5. The van der Waals surface area contributed by atoms with Gasteiger partial charge in [-0.15, -0.1) is 0 Å². The molecule has 0 spiro atoms. The van der Waals surface area contributed by atoms with Gasteiger partial charge < -0.3 is 15.1 Å². The Morgan fingerprint density at radius 2 is 2.00 bits per heavy atom. The molecule has 2 aliphatic heterocycles. The molecule has 3 amide bonds. The number of nitrogens with zero attached hydrogens (tertiary/aromatic N) is 2. The molecule has 0 aromatic heterocycles. The minimum atomic E-state index is -0.512. The van der Waals surface area contributed by atoms with Crippen LogP contribution in [0, 0.1) is 0 Å². The van der Waals surface area contributed by atoms with Crippen LogP contribution in [-0.4, -0.2) is 47.2 Å². The summed E-state index contributed by atoms with van der Waals surface area (Å²) in [5, 5.41) is 2.84. The van der Waals surface area contributed by atoms with Crippen LogP contribution in [0.1, 0.15) is 48.5 Å². The summed E-state index contributed by atoms with van der Waals surface area (Å²) in [4.78, 5) is 40.0. The van der Waals surface area contributed by atoms with E-state index in [4.69, 9.17) is 0 Å². The fourth-order valence-electron chi connectivity index (χ4n) is 3.33. The standard InChI is InChI=1S/C18H23N3O3/c1-12(21-9-5-3-4-6-16(21)22)17(23)19-14-8-7-13-11-20(2)18(24)15(13)10-14/h7-8,10,12H,3-6,9,11H2,1-2H3,(H,19,23)/t12-/m0/s1. The van der Waals surface area contributed by atoms with E-state index >= 15 is 0 Å². The highest BCUT2D eigenvalue weighted by Crippen LogP contribution is 2.25. The Hall–Kier alpha value is -2.37. The lowest BCUT2D eigenvalue weighted by molar-refractivity contribution is -0.137. The molecule has 1 aromatic carbocycles. The van der Waals surface area contributed by atoms with Crippen molar-refractivity contribution in [2.45, 2.75) is 45.2 Å². The smallest absolute Gasteiger partial charge is 0.254 e. The number of rotatable bonds is 3. The topological polar surface area (TPSA) is 69.7 Å². The molecule has 1 fully saturated rings. The second-order valence-electron chi connectivity index (χ2n) is 6.60. The molecule has 1 saturated heterocycles. The molecule has 0 bridgehead atoms. The third-order valence-electron chi connectivity index (χ3n) is 4.82. The zero-order valence-corrected chi connectivity index (χ0v) is 14.2. The van der Waals surface area contributed by atoms with E-state index in [1.54, 1.807) is 35.9 Å². The van der Waals surface area contributed by atoms with Gasteiger partial charge in [-0.1, -0.05) is 12.5 Å². The minimum absolute atomic E-state index is 0.0307. The van der Waals surface area contributed by atoms with Gasteiger partial charge >= 0.3 is 0 Å². The highest BCUT2D eigenvalue weighted by Gasteiger charge is 2.28. The van der Waals surface area contributed by atoms with Gasteiger partial charge in [0.25, 0.3) is 5.91 Å². The van der Waals surface area contributed by atoms with Crippen LogP contribution in [0.15, 0.2) is 18.2 Å². The van der Waals surface area contributed by atoms with E-state index in [2.05, 4.69) is 5.32 Å². The number of nitrogens with one attached hydrogen (secondary N) is 1. The molecular weight excluding hydrogens is 306 g/mol. The molecule has 1 atom stereocenters. The number of benzene rings is 1. The predicted molar refractivity (Wildman–Crippen MR) is 90.5 cm³/mol. The first-order valence-electron chi connectivity index (χ1n) is 8.46. The molecule has 0 aliphatic carbocycles. The van der Waals surface area contributed by atoms with Crippen LogP contribution in [-0.2, 0) is 16.1 Å². The first kappa shape index (κ1) is 16.5. The minimum Gasteiger partial charge on any atom is -0.337 e. The van der Waals surface area contributed by atoms with Gasteiger partial charge in [-0.25, -0.2) is 0 Å². The Balaban J connectivity index is 1.71. The molecule has 0 saturated carbocycles. The first-order valence-corrected chi connectivity index (χ1v) is 8.46. The maximum Gasteiger partial charge on any atom is 0.254 e. The Morgan fingerprint density at radius 1 is 1.21 bits per heavy atom. The van der Waals surface area contributed by atoms with Crippen LogP contribution in [0.5, 0.6) is 0 Å². The fourth-order valence-corrected chi connectivity index (χ4v) is 3.33. The summed E-state index contributed by atoms with van der Waals surface area (Å²) in [5.41, 5.74) is 2.20. The number of anilines is 1. The molecular formula is C18H23N3O3. The van der Waals surface area contributed by atoms with Crippen molar-refractivity contribution < 1.29 is 14.4 Å². The molecule has 128 valence electrons. The van der Waals surface area contributed by atoms with E-state index in [0.29, 0.717) is 30.8 Å². The Labute approximate surface area is 141 Å². The van der Waals surface area contributed by atoms with Crippen molar-refractivity contribution >= 4 is 23.4 Å². The van der Waals surface area contributed by atoms with E-state index in [1.165, 1.54) is 0 Å². The van der Waals surface area contributed by atoms with Gasteiger partial charge in [0.1, 0.15) is 6.04 Å². The van der Waals surface area contributed by atoms with E-state index < -0.39 is 6.04 Å². The highest BCUT2D eigenvalue weighted by atomic mass is 16.2. The van der Waals surface area contributed by atoms with Crippen LogP contribution < -0.4 is 5.32 Å². The van der Waals surface area contributed by atoms with Crippen LogP contribution in [0.3, 0.4) is 0 Å². The lowest BCUT2D eigenvalue weighted by atomic mass is 10.1. The average Bonchev–Trinajstić information content (AvgIpc) is 2.73. The van der Waals surface area contributed by atoms with E-state index in [-0.39, 0.29) is 17.7 Å². The Bertz CT molecular complexity index is 686. The van der Waals surface area contributed by atoms with Gasteiger partial charge in [-0.2, -0.15) is 0 Å². The van der Waals surface area contributed by atoms with Crippen molar-refractivity contribution in [1.82, 2.24) is 9.80 Å². The second kappa shape index (κ2) is 6.63. The third-order valence-corrected chi connectivity index (χ3v) is 4.82. The van der Waals surface area contributed by atoms with Crippen LogP contribution in [0.4, 0.5) is 5.69 Å². The summed E-state index contributed by atoms with van der Waals surface area (Å²) in [6, 6.07) is 4.88. The molecule has 1 N–H and O–H groups in total. The summed E-state index contributed by atoms with van der Waals surface area (Å²) in [6.45, 7) is 2.98. The number of amides is 3. The Morgan fingerprint density at radius 3 is 2.79 bits per heavy atom. The van der Waals surface area contributed by atoms with E-state index in [0.717, 1.165) is 24.8 Å². The van der Waals surface area contributed by atoms with Crippen molar-refractivity contribution in [2.75, 3.05) is 18.9 Å². The van der Waals surface area contributed by atoms with E-state index in [1.807, 2.05) is 6.07 Å². The quantitative estimate of drug-likeness (QED) is 0.922. The number of likely N-dealkylation sites (tertiary alicyclic amines) is 1. The van der Waals surface area contributed by atoms with Crippen molar-refractivity contribution in [3.8, 4) is 0 Å². The zero-order valence-electron chi connectivity index (χ0n) is 14.2. The van der Waals surface area contributed by atoms with Crippen molar-refractivity contribution in [2.24, 2.45) is 0 Å². The lowest BCUT2D eigenvalue weighted by Gasteiger charge is -2.27. The number of carbonyl (C=O) groups excluding carboxylic acids is 3. The predicted octanol–water partition coefficient (Wildman–Crippen LogP) is 2.00. The maximum absolute atomic E-state index is 12.5. The molecule has 2 heterocycles. The molecule has 3 rings (SSSR count). The molecule has 0 unspecified atom stereocenters. The molecule has 2 aliphatic rings. The van der Waals surface area contributed by atoms with Crippen LogP contribution in [0.2, 0.25) is 0 Å². The van der Waals surface area contributed by atoms with Gasteiger partial charge in [0, 0.05) is 37.8 Å². The van der Waals surface area contributed by atoms with Crippen LogP contribution >= 0.6 is 0 Å². The van der Waals surface area contributed by atoms with Gasteiger partial charge in [0.15, 0.2) is 0 Å². The van der Waals surface area contributed by atoms with Gasteiger partial charge in [0.05, 0.1) is 0 Å². The summed E-state index contributed by atoms with van der Waals surface area (Å²) >= 11 is 0. The average molecular weight is 329 g/mol. The van der Waals surface area contributed by atoms with Crippen molar-refractivity contribution in [3.05, 3.63) is 29.3 Å². The SMILES string of the molecule is C[C@@H](C(=O)Nc1ccc2c(c1)C(=O)N(C)C2)N1CCCCCC1=O. The number of fused-ring (bicyclic) bond motifs is 1. The third kappa shape index (κ3) is 3.13. The zero-order chi connectivity index (χ0) is 17.3. The van der Waals surface area contributed by atoms with E-state index in [9.17, 15) is 14.4 Å². The highest BCUT2D eigenvalue weighted by molar-refractivity contribution is 6.01. The normalized spacial score (nSPS) is 19.1. The number of carbonyl (C=O) groups is 3.